The summed E-state index contributed by atoms with van der Waals surface area (Å²) in [5.74, 6) is 1.88. The molecule has 2 saturated carbocycles. The molecule has 3 aliphatic rings. The quantitative estimate of drug-likeness (QED) is 0.758. The summed E-state index contributed by atoms with van der Waals surface area (Å²) in [7, 11) is 0. The molecule has 0 bridgehead atoms. The van der Waals surface area contributed by atoms with Crippen LogP contribution in [-0.4, -0.2) is 47.0 Å². The molecule has 0 spiro atoms. The number of aliphatic hydroxyl groups is 1. The van der Waals surface area contributed by atoms with E-state index in [2.05, 4.69) is 24.0 Å². The predicted molar refractivity (Wildman–Crippen MR) is 84.2 cm³/mol. The van der Waals surface area contributed by atoms with E-state index in [9.17, 15) is 5.11 Å². The Morgan fingerprint density at radius 1 is 1.30 bits per heavy atom. The van der Waals surface area contributed by atoms with Crippen LogP contribution in [-0.2, 0) is 4.74 Å². The van der Waals surface area contributed by atoms with Gasteiger partial charge in [-0.05, 0) is 57.1 Å². The summed E-state index contributed by atoms with van der Waals surface area (Å²) in [6.07, 6.45) is 9.22. The lowest BCUT2D eigenvalue weighted by Crippen LogP contribution is -2.52. The fourth-order valence-electron chi connectivity index (χ4n) is 3.94. The van der Waals surface area contributed by atoms with Crippen molar-refractivity contribution >= 4 is 11.8 Å². The Hall–Kier alpha value is 0.230. The molecule has 20 heavy (non-hydrogen) atoms. The third-order valence-electron chi connectivity index (χ3n) is 5.41. The first-order valence-electron chi connectivity index (χ1n) is 8.35. The molecule has 4 unspecified atom stereocenters. The van der Waals surface area contributed by atoms with Gasteiger partial charge in [-0.25, -0.2) is 0 Å². The molecule has 2 N–H and O–H groups in total. The van der Waals surface area contributed by atoms with Gasteiger partial charge in [0.05, 0.1) is 12.7 Å². The van der Waals surface area contributed by atoms with Crippen LogP contribution in [0, 0.1) is 5.92 Å². The van der Waals surface area contributed by atoms with Gasteiger partial charge >= 0.3 is 0 Å². The van der Waals surface area contributed by atoms with Crippen molar-refractivity contribution in [1.82, 2.24) is 5.32 Å². The van der Waals surface area contributed by atoms with Crippen molar-refractivity contribution in [3.05, 3.63) is 0 Å². The van der Waals surface area contributed by atoms with Crippen molar-refractivity contribution in [2.45, 2.75) is 74.8 Å². The lowest BCUT2D eigenvalue weighted by Gasteiger charge is -2.35. The standard InChI is InChI=1S/C16H29NO2S/c1-12-15(6-9-19-12)20-10-7-13-3-2-8-16(13,11-18)17-14-4-5-14/h12-15,17-18H,2-11H2,1H3. The lowest BCUT2D eigenvalue weighted by atomic mass is 9.85. The zero-order chi connectivity index (χ0) is 14.0. The van der Waals surface area contributed by atoms with Gasteiger partial charge < -0.3 is 15.2 Å². The lowest BCUT2D eigenvalue weighted by molar-refractivity contribution is 0.120. The van der Waals surface area contributed by atoms with Gasteiger partial charge in [0.25, 0.3) is 0 Å². The third-order valence-corrected chi connectivity index (χ3v) is 6.93. The van der Waals surface area contributed by atoms with Crippen molar-refractivity contribution in [2.75, 3.05) is 19.0 Å². The molecule has 0 aromatic rings. The summed E-state index contributed by atoms with van der Waals surface area (Å²) in [4.78, 5) is 0. The fraction of sp³-hybridized carbons (Fsp3) is 1.00. The van der Waals surface area contributed by atoms with Crippen LogP contribution in [0.3, 0.4) is 0 Å². The average Bonchev–Trinajstić information content (AvgIpc) is 3.03. The molecular formula is C16H29NO2S. The Kier molecular flexibility index (Phi) is 4.96. The summed E-state index contributed by atoms with van der Waals surface area (Å²) >= 11 is 2.09. The van der Waals surface area contributed by atoms with Crippen LogP contribution in [0.4, 0.5) is 0 Å². The van der Waals surface area contributed by atoms with Gasteiger partial charge in [0, 0.05) is 23.4 Å². The molecule has 0 aromatic heterocycles. The molecular weight excluding hydrogens is 270 g/mol. The second kappa shape index (κ2) is 6.55. The molecule has 116 valence electrons. The number of nitrogens with one attached hydrogen (secondary N) is 1. The van der Waals surface area contributed by atoms with E-state index in [-0.39, 0.29) is 5.54 Å². The minimum atomic E-state index is 0.0412. The normalized spacial score (nSPS) is 41.4. The minimum Gasteiger partial charge on any atom is -0.394 e. The molecule has 2 aliphatic carbocycles. The first-order valence-corrected chi connectivity index (χ1v) is 9.40. The predicted octanol–water partition coefficient (Wildman–Crippen LogP) is 2.57. The topological polar surface area (TPSA) is 41.5 Å². The summed E-state index contributed by atoms with van der Waals surface area (Å²) in [6.45, 7) is 3.46. The van der Waals surface area contributed by atoms with E-state index in [0.717, 1.165) is 13.0 Å². The van der Waals surface area contributed by atoms with Crippen molar-refractivity contribution in [3.8, 4) is 0 Å². The van der Waals surface area contributed by atoms with Crippen LogP contribution < -0.4 is 5.32 Å². The van der Waals surface area contributed by atoms with Crippen LogP contribution in [0.1, 0.15) is 51.9 Å². The highest BCUT2D eigenvalue weighted by molar-refractivity contribution is 7.99. The van der Waals surface area contributed by atoms with Crippen molar-refractivity contribution in [1.29, 1.82) is 0 Å². The number of aliphatic hydroxyl groups excluding tert-OH is 1. The van der Waals surface area contributed by atoms with Crippen molar-refractivity contribution < 1.29 is 9.84 Å². The molecule has 1 aliphatic heterocycles. The highest BCUT2D eigenvalue weighted by Crippen LogP contribution is 2.41. The zero-order valence-electron chi connectivity index (χ0n) is 12.6. The number of rotatable bonds is 7. The molecule has 0 aromatic carbocycles. The Morgan fingerprint density at radius 2 is 2.15 bits per heavy atom. The maximum absolute atomic E-state index is 9.93. The van der Waals surface area contributed by atoms with Crippen molar-refractivity contribution in [3.63, 3.8) is 0 Å². The van der Waals surface area contributed by atoms with Gasteiger partial charge in [-0.1, -0.05) is 6.42 Å². The first kappa shape index (κ1) is 15.1. The SMILES string of the molecule is CC1OCCC1SCCC1CCCC1(CO)NC1CC1. The Morgan fingerprint density at radius 3 is 2.80 bits per heavy atom. The second-order valence-corrected chi connectivity index (χ2v) is 8.23. The second-order valence-electron chi connectivity index (χ2n) is 6.88. The number of thioether (sulfide) groups is 1. The molecule has 4 heteroatoms. The van der Waals surface area contributed by atoms with Gasteiger partial charge in [-0.15, -0.1) is 0 Å². The van der Waals surface area contributed by atoms with E-state index in [4.69, 9.17) is 4.74 Å². The zero-order valence-corrected chi connectivity index (χ0v) is 13.5. The third kappa shape index (κ3) is 3.34. The maximum atomic E-state index is 9.93. The van der Waals surface area contributed by atoms with Gasteiger partial charge in [0.1, 0.15) is 0 Å². The van der Waals surface area contributed by atoms with Gasteiger partial charge in [0.2, 0.25) is 0 Å². The molecule has 3 rings (SSSR count). The molecule has 1 saturated heterocycles. The molecule has 3 nitrogen and oxygen atoms in total. The van der Waals surface area contributed by atoms with Crippen LogP contribution in [0.2, 0.25) is 0 Å². The highest BCUT2D eigenvalue weighted by atomic mass is 32.2. The number of ether oxygens (including phenoxy) is 1. The van der Waals surface area contributed by atoms with E-state index in [1.165, 1.54) is 44.3 Å². The molecule has 3 fully saturated rings. The van der Waals surface area contributed by atoms with E-state index < -0.39 is 0 Å². The number of hydrogen-bond donors (Lipinski definition) is 2. The van der Waals surface area contributed by atoms with Crippen LogP contribution in [0.15, 0.2) is 0 Å². The van der Waals surface area contributed by atoms with Crippen LogP contribution in [0.5, 0.6) is 0 Å². The molecule has 0 amide bonds. The van der Waals surface area contributed by atoms with Gasteiger partial charge in [-0.3, -0.25) is 0 Å². The smallest absolute Gasteiger partial charge is 0.0666 e. The monoisotopic (exact) mass is 299 g/mol. The Bertz CT molecular complexity index is 324. The average molecular weight is 299 g/mol. The first-order chi connectivity index (χ1) is 9.73. The summed E-state index contributed by atoms with van der Waals surface area (Å²) in [6, 6.07) is 0.693. The molecule has 0 radical (unpaired) electrons. The van der Waals surface area contributed by atoms with Gasteiger partial charge in [0.15, 0.2) is 0 Å². The van der Waals surface area contributed by atoms with E-state index >= 15 is 0 Å². The van der Waals surface area contributed by atoms with Crippen LogP contribution >= 0.6 is 11.8 Å². The maximum Gasteiger partial charge on any atom is 0.0666 e. The fourth-order valence-corrected chi connectivity index (χ4v) is 5.27. The summed E-state index contributed by atoms with van der Waals surface area (Å²) < 4.78 is 5.64. The molecule has 1 heterocycles. The summed E-state index contributed by atoms with van der Waals surface area (Å²) in [5, 5.41) is 14.4. The van der Waals surface area contributed by atoms with Crippen molar-refractivity contribution in [2.24, 2.45) is 5.92 Å². The highest BCUT2D eigenvalue weighted by Gasteiger charge is 2.44. The van der Waals surface area contributed by atoms with E-state index in [0.29, 0.717) is 29.9 Å². The van der Waals surface area contributed by atoms with E-state index in [1.54, 1.807) is 0 Å². The number of hydrogen-bond acceptors (Lipinski definition) is 4. The molecule has 4 atom stereocenters. The van der Waals surface area contributed by atoms with Crippen LogP contribution in [0.25, 0.3) is 0 Å². The largest absolute Gasteiger partial charge is 0.394 e. The Labute approximate surface area is 127 Å². The Balaban J connectivity index is 1.47. The van der Waals surface area contributed by atoms with E-state index in [1.807, 2.05) is 0 Å². The minimum absolute atomic E-state index is 0.0412. The van der Waals surface area contributed by atoms with Gasteiger partial charge in [-0.2, -0.15) is 11.8 Å². The summed E-state index contributed by atoms with van der Waals surface area (Å²) in [5.41, 5.74) is 0.0412.